The van der Waals surface area contributed by atoms with E-state index in [1.165, 1.54) is 19.3 Å². The molecule has 0 aliphatic heterocycles. The Morgan fingerprint density at radius 2 is 1.16 bits per heavy atom. The minimum Gasteiger partial charge on any atom is -0.387 e. The number of nitrogens with two attached hydrogens (primary N) is 1. The number of aliphatic hydroxyl groups excluding tert-OH is 1. The minimum atomic E-state index is -4.36. The highest BCUT2D eigenvalue weighted by atomic mass is 31.2. The highest BCUT2D eigenvalue weighted by Gasteiger charge is 2.26. The van der Waals surface area contributed by atoms with Gasteiger partial charge in [0, 0.05) is 13.0 Å². The van der Waals surface area contributed by atoms with Gasteiger partial charge in [-0.05, 0) is 89.9 Å². The number of amides is 1. The van der Waals surface area contributed by atoms with E-state index >= 15 is 0 Å². The summed E-state index contributed by atoms with van der Waals surface area (Å²) in [5, 5.41) is 13.6. The number of unbranched alkanes of at least 4 members (excludes halogenated alkanes) is 8. The third-order valence-corrected chi connectivity index (χ3v) is 8.61. The SMILES string of the molecule is CC/C=C\C/C=C\C/C=C\C/C=C\C/C=C\CCCCCC(=O)NC(COP(=O)(O)OCCN)C(O)/C=C/CC/C=C/CC/C=C/CCCCC. The van der Waals surface area contributed by atoms with Gasteiger partial charge in [0.1, 0.15) is 0 Å². The molecule has 0 aliphatic rings. The first-order chi connectivity index (χ1) is 24.9. The Hall–Kier alpha value is -2.58. The number of phosphoric ester groups is 1. The molecule has 9 heteroatoms. The molecule has 290 valence electrons. The van der Waals surface area contributed by atoms with Gasteiger partial charge in [0.15, 0.2) is 0 Å². The molecule has 5 N–H and O–H groups in total. The molecule has 0 saturated heterocycles. The lowest BCUT2D eigenvalue weighted by molar-refractivity contribution is -0.123. The standard InChI is InChI=1S/C42H71N2O6P/c1-3-5-7-9-11-13-15-17-18-19-20-21-22-24-26-28-30-32-34-36-42(46)44-40(39-50-51(47,48)49-38-37-43)41(45)35-33-31-29-27-25-23-16-14-12-10-8-6-4-2/h5,7,11-14,17-18,20-21,24-27,33,35,40-41,45H,3-4,6,8-10,15-16,19,22-23,28-32,34,36-39,43H2,1-2H3,(H,44,46)(H,47,48)/b7-5-,13-11-,14-12+,18-17-,21-20-,26-24-,27-25+,35-33+. The molecule has 0 aromatic carbocycles. The van der Waals surface area contributed by atoms with Crippen LogP contribution in [0.15, 0.2) is 97.2 Å². The van der Waals surface area contributed by atoms with Crippen molar-refractivity contribution in [2.45, 2.75) is 142 Å². The molecule has 0 rings (SSSR count). The predicted octanol–water partition coefficient (Wildman–Crippen LogP) is 10.4. The van der Waals surface area contributed by atoms with Gasteiger partial charge in [-0.3, -0.25) is 13.8 Å². The van der Waals surface area contributed by atoms with E-state index in [9.17, 15) is 19.4 Å². The molecule has 0 saturated carbocycles. The van der Waals surface area contributed by atoms with Crippen LogP contribution in [0.5, 0.6) is 0 Å². The lowest BCUT2D eigenvalue weighted by Gasteiger charge is -2.23. The summed E-state index contributed by atoms with van der Waals surface area (Å²) in [5.74, 6) is -0.246. The van der Waals surface area contributed by atoms with E-state index in [4.69, 9.17) is 14.8 Å². The summed E-state index contributed by atoms with van der Waals surface area (Å²) in [7, 11) is -4.36. The Balaban J connectivity index is 4.45. The maximum Gasteiger partial charge on any atom is 0.472 e. The molecule has 0 aromatic heterocycles. The summed E-state index contributed by atoms with van der Waals surface area (Å²) in [4.78, 5) is 22.6. The molecule has 3 atom stereocenters. The predicted molar refractivity (Wildman–Crippen MR) is 216 cm³/mol. The third-order valence-electron chi connectivity index (χ3n) is 7.62. The number of rotatable bonds is 34. The fourth-order valence-corrected chi connectivity index (χ4v) is 5.48. The van der Waals surface area contributed by atoms with Crippen molar-refractivity contribution < 1.29 is 28.4 Å². The summed E-state index contributed by atoms with van der Waals surface area (Å²) in [6.45, 7) is 3.89. The van der Waals surface area contributed by atoms with Gasteiger partial charge in [-0.2, -0.15) is 0 Å². The Labute approximate surface area is 311 Å². The Kier molecular flexibility index (Phi) is 35.3. The normalized spacial score (nSPS) is 15.3. The number of hydrogen-bond acceptors (Lipinski definition) is 6. The molecular formula is C42H71N2O6P. The number of hydrogen-bond donors (Lipinski definition) is 4. The van der Waals surface area contributed by atoms with E-state index in [2.05, 4.69) is 104 Å². The first-order valence-corrected chi connectivity index (χ1v) is 20.9. The van der Waals surface area contributed by atoms with Gasteiger partial charge in [-0.15, -0.1) is 0 Å². The molecule has 0 spiro atoms. The number of allylic oxidation sites excluding steroid dienone is 15. The van der Waals surface area contributed by atoms with Crippen LogP contribution in [-0.4, -0.2) is 47.8 Å². The Bertz CT molecular complexity index is 1110. The fraction of sp³-hybridized carbons (Fsp3) is 0.595. The van der Waals surface area contributed by atoms with E-state index in [1.54, 1.807) is 6.08 Å². The quantitative estimate of drug-likeness (QED) is 0.0294. The van der Waals surface area contributed by atoms with Gasteiger partial charge >= 0.3 is 7.82 Å². The van der Waals surface area contributed by atoms with Crippen LogP contribution in [0.2, 0.25) is 0 Å². The summed E-state index contributed by atoms with van der Waals surface area (Å²) in [6.07, 6.45) is 50.3. The van der Waals surface area contributed by atoms with Crippen molar-refractivity contribution in [2.24, 2.45) is 5.73 Å². The van der Waals surface area contributed by atoms with Crippen molar-refractivity contribution >= 4 is 13.7 Å². The zero-order valence-electron chi connectivity index (χ0n) is 31.8. The molecule has 0 aromatic rings. The van der Waals surface area contributed by atoms with Crippen LogP contribution < -0.4 is 11.1 Å². The van der Waals surface area contributed by atoms with Crippen molar-refractivity contribution in [3.05, 3.63) is 97.2 Å². The number of phosphoric acid groups is 1. The summed E-state index contributed by atoms with van der Waals surface area (Å²) >= 11 is 0. The molecule has 8 nitrogen and oxygen atoms in total. The summed E-state index contributed by atoms with van der Waals surface area (Å²) in [5.41, 5.74) is 5.35. The topological polar surface area (TPSA) is 131 Å². The lowest BCUT2D eigenvalue weighted by Crippen LogP contribution is -2.45. The molecule has 3 unspecified atom stereocenters. The van der Waals surface area contributed by atoms with Crippen LogP contribution in [0.25, 0.3) is 0 Å². The average Bonchev–Trinajstić information content (AvgIpc) is 3.12. The van der Waals surface area contributed by atoms with E-state index in [-0.39, 0.29) is 32.1 Å². The monoisotopic (exact) mass is 731 g/mol. The van der Waals surface area contributed by atoms with Gasteiger partial charge in [-0.1, -0.05) is 130 Å². The number of nitrogens with one attached hydrogen (secondary N) is 1. The van der Waals surface area contributed by atoms with E-state index in [1.807, 2.05) is 6.08 Å². The summed E-state index contributed by atoms with van der Waals surface area (Å²) in [6, 6.07) is -0.906. The van der Waals surface area contributed by atoms with Gasteiger partial charge in [0.2, 0.25) is 5.91 Å². The molecule has 0 aliphatic carbocycles. The van der Waals surface area contributed by atoms with Gasteiger partial charge in [0.25, 0.3) is 0 Å². The number of aliphatic hydroxyl groups is 1. The van der Waals surface area contributed by atoms with Crippen LogP contribution >= 0.6 is 7.82 Å². The summed E-state index contributed by atoms with van der Waals surface area (Å²) < 4.78 is 22.0. The van der Waals surface area contributed by atoms with Crippen molar-refractivity contribution in [3.8, 4) is 0 Å². The molecule has 51 heavy (non-hydrogen) atoms. The maximum absolute atomic E-state index is 12.7. The van der Waals surface area contributed by atoms with E-state index in [0.29, 0.717) is 6.42 Å². The molecule has 0 fully saturated rings. The smallest absolute Gasteiger partial charge is 0.387 e. The highest BCUT2D eigenvalue weighted by Crippen LogP contribution is 2.43. The van der Waals surface area contributed by atoms with E-state index < -0.39 is 20.0 Å². The van der Waals surface area contributed by atoms with Gasteiger partial charge in [0.05, 0.1) is 25.4 Å². The molecular weight excluding hydrogens is 659 g/mol. The van der Waals surface area contributed by atoms with Crippen molar-refractivity contribution in [1.82, 2.24) is 5.32 Å². The zero-order chi connectivity index (χ0) is 37.5. The zero-order valence-corrected chi connectivity index (χ0v) is 32.7. The molecule has 1 amide bonds. The van der Waals surface area contributed by atoms with Crippen molar-refractivity contribution in [1.29, 1.82) is 0 Å². The first kappa shape index (κ1) is 48.4. The van der Waals surface area contributed by atoms with Crippen molar-refractivity contribution in [2.75, 3.05) is 19.8 Å². The maximum atomic E-state index is 12.7. The number of carbonyl (C=O) groups is 1. The van der Waals surface area contributed by atoms with Crippen LogP contribution in [0.1, 0.15) is 129 Å². The molecule has 0 bridgehead atoms. The van der Waals surface area contributed by atoms with Crippen LogP contribution in [-0.2, 0) is 18.4 Å². The van der Waals surface area contributed by atoms with E-state index in [0.717, 1.165) is 83.5 Å². The Morgan fingerprint density at radius 1 is 0.667 bits per heavy atom. The second kappa shape index (κ2) is 37.2. The first-order valence-electron chi connectivity index (χ1n) is 19.4. The van der Waals surface area contributed by atoms with Crippen LogP contribution in [0.4, 0.5) is 0 Å². The fourth-order valence-electron chi connectivity index (χ4n) is 4.72. The second-order valence-electron chi connectivity index (χ2n) is 12.4. The largest absolute Gasteiger partial charge is 0.472 e. The minimum absolute atomic E-state index is 0.0602. The van der Waals surface area contributed by atoms with Crippen molar-refractivity contribution in [3.63, 3.8) is 0 Å². The lowest BCUT2D eigenvalue weighted by atomic mass is 10.1. The average molecular weight is 731 g/mol. The molecule has 0 radical (unpaired) electrons. The van der Waals surface area contributed by atoms with Crippen LogP contribution in [0, 0.1) is 0 Å². The highest BCUT2D eigenvalue weighted by molar-refractivity contribution is 7.47. The number of carbonyl (C=O) groups excluding carboxylic acids is 1. The third kappa shape index (κ3) is 35.6. The Morgan fingerprint density at radius 3 is 1.71 bits per heavy atom. The second-order valence-corrected chi connectivity index (χ2v) is 13.8. The van der Waals surface area contributed by atoms with Gasteiger partial charge in [-0.25, -0.2) is 4.57 Å². The van der Waals surface area contributed by atoms with Crippen LogP contribution in [0.3, 0.4) is 0 Å². The van der Waals surface area contributed by atoms with Gasteiger partial charge < -0.3 is 21.1 Å². The molecule has 0 heterocycles.